The van der Waals surface area contributed by atoms with E-state index in [-0.39, 0.29) is 12.5 Å². The van der Waals surface area contributed by atoms with Gasteiger partial charge in [-0.2, -0.15) is 0 Å². The maximum atomic E-state index is 11.8. The first-order valence-electron chi connectivity index (χ1n) is 5.50. The van der Waals surface area contributed by atoms with Crippen molar-refractivity contribution in [2.75, 3.05) is 19.7 Å². The zero-order valence-electron chi connectivity index (χ0n) is 9.48. The summed E-state index contributed by atoms with van der Waals surface area (Å²) in [4.78, 5) is 24.1. The molecule has 1 fully saturated rings. The van der Waals surface area contributed by atoms with Crippen molar-refractivity contribution in [3.63, 3.8) is 0 Å². The van der Waals surface area contributed by atoms with E-state index in [1.165, 1.54) is 0 Å². The maximum Gasteiger partial charge on any atom is 0.312 e. The van der Waals surface area contributed by atoms with Gasteiger partial charge >= 0.3 is 6.03 Å². The largest absolute Gasteiger partial charge is 0.396 e. The molecule has 4 N–H and O–H groups in total. The molecular weight excluding hydrogens is 210 g/mol. The van der Waals surface area contributed by atoms with Gasteiger partial charge in [-0.05, 0) is 25.7 Å². The van der Waals surface area contributed by atoms with Gasteiger partial charge < -0.3 is 21.1 Å². The highest BCUT2D eigenvalue weighted by atomic mass is 16.3. The lowest BCUT2D eigenvalue weighted by Crippen LogP contribution is -2.50. The summed E-state index contributed by atoms with van der Waals surface area (Å²) < 4.78 is 0. The number of nitrogens with one attached hydrogen (secondary N) is 1. The molecule has 0 aromatic heterocycles. The van der Waals surface area contributed by atoms with E-state index in [0.29, 0.717) is 19.0 Å². The van der Waals surface area contributed by atoms with Crippen molar-refractivity contribution in [3.05, 3.63) is 0 Å². The molecule has 1 aliphatic rings. The number of amides is 3. The van der Waals surface area contributed by atoms with Gasteiger partial charge in [0.2, 0.25) is 5.91 Å². The number of aliphatic hydroxyl groups excluding tert-OH is 1. The molecule has 1 rings (SSSR count). The summed E-state index contributed by atoms with van der Waals surface area (Å²) in [5.74, 6) is 0.179. The summed E-state index contributed by atoms with van der Waals surface area (Å²) in [6.07, 6.45) is 1.62. The summed E-state index contributed by atoms with van der Waals surface area (Å²) in [7, 11) is 0. The second-order valence-corrected chi connectivity index (χ2v) is 4.18. The van der Waals surface area contributed by atoms with Crippen molar-refractivity contribution < 1.29 is 14.7 Å². The Morgan fingerprint density at radius 3 is 2.50 bits per heavy atom. The van der Waals surface area contributed by atoms with Crippen LogP contribution in [0.25, 0.3) is 0 Å². The van der Waals surface area contributed by atoms with E-state index in [4.69, 9.17) is 10.8 Å². The van der Waals surface area contributed by atoms with Crippen molar-refractivity contribution in [3.8, 4) is 0 Å². The van der Waals surface area contributed by atoms with Crippen LogP contribution < -0.4 is 11.1 Å². The fourth-order valence-corrected chi connectivity index (χ4v) is 1.88. The molecule has 0 radical (unpaired) electrons. The number of primary amides is 1. The van der Waals surface area contributed by atoms with Crippen molar-refractivity contribution in [1.82, 2.24) is 10.2 Å². The molecule has 16 heavy (non-hydrogen) atoms. The number of nitrogens with zero attached hydrogens (tertiary/aromatic N) is 1. The Labute approximate surface area is 94.8 Å². The number of piperidine rings is 1. The predicted molar refractivity (Wildman–Crippen MR) is 58.6 cm³/mol. The van der Waals surface area contributed by atoms with Crippen molar-refractivity contribution in [1.29, 1.82) is 0 Å². The molecule has 1 unspecified atom stereocenters. The van der Waals surface area contributed by atoms with Gasteiger partial charge in [0.1, 0.15) is 6.04 Å². The Morgan fingerprint density at radius 1 is 1.50 bits per heavy atom. The Morgan fingerprint density at radius 2 is 2.06 bits per heavy atom. The van der Waals surface area contributed by atoms with E-state index in [1.54, 1.807) is 11.8 Å². The molecule has 6 nitrogen and oxygen atoms in total. The molecule has 1 atom stereocenters. The normalized spacial score (nSPS) is 19.2. The lowest BCUT2D eigenvalue weighted by Gasteiger charge is -2.32. The molecule has 6 heteroatoms. The highest BCUT2D eigenvalue weighted by molar-refractivity contribution is 5.86. The Balaban J connectivity index is 2.40. The molecule has 0 aromatic carbocycles. The van der Waals surface area contributed by atoms with E-state index in [1.807, 2.05) is 0 Å². The minimum atomic E-state index is -0.689. The van der Waals surface area contributed by atoms with Gasteiger partial charge in [0, 0.05) is 19.7 Å². The topological polar surface area (TPSA) is 95.7 Å². The first kappa shape index (κ1) is 12.8. The first-order chi connectivity index (χ1) is 7.54. The van der Waals surface area contributed by atoms with Gasteiger partial charge in [0.05, 0.1) is 0 Å². The fraction of sp³-hybridized carbons (Fsp3) is 0.800. The molecule has 3 amide bonds. The van der Waals surface area contributed by atoms with E-state index < -0.39 is 12.1 Å². The van der Waals surface area contributed by atoms with Crippen LogP contribution in [0.1, 0.15) is 19.8 Å². The summed E-state index contributed by atoms with van der Waals surface area (Å²) in [5.41, 5.74) is 4.95. The highest BCUT2D eigenvalue weighted by Crippen LogP contribution is 2.16. The standard InChI is InChI=1S/C10H19N3O3/c1-7(12-10(11)16)9(15)13-4-2-8(6-14)3-5-13/h7-8,14H,2-6H2,1H3,(H3,11,12,16). The summed E-state index contributed by atoms with van der Waals surface area (Å²) in [6.45, 7) is 3.06. The average molecular weight is 229 g/mol. The number of carbonyl (C=O) groups excluding carboxylic acids is 2. The maximum absolute atomic E-state index is 11.8. The molecule has 0 bridgehead atoms. The van der Waals surface area contributed by atoms with Crippen molar-refractivity contribution in [2.24, 2.45) is 11.7 Å². The van der Waals surface area contributed by atoms with Gasteiger partial charge in [0.15, 0.2) is 0 Å². The number of hydrogen-bond donors (Lipinski definition) is 3. The number of likely N-dealkylation sites (tertiary alicyclic amines) is 1. The Hall–Kier alpha value is -1.30. The highest BCUT2D eigenvalue weighted by Gasteiger charge is 2.25. The molecule has 1 saturated heterocycles. The molecule has 0 spiro atoms. The average Bonchev–Trinajstić information content (AvgIpc) is 2.27. The second kappa shape index (κ2) is 5.69. The lowest BCUT2D eigenvalue weighted by molar-refractivity contribution is -0.134. The van der Waals surface area contributed by atoms with Gasteiger partial charge in [-0.25, -0.2) is 4.79 Å². The van der Waals surface area contributed by atoms with Gasteiger partial charge in [-0.15, -0.1) is 0 Å². The smallest absolute Gasteiger partial charge is 0.312 e. The summed E-state index contributed by atoms with van der Waals surface area (Å²) in [5, 5.41) is 11.3. The molecule has 0 saturated carbocycles. The zero-order chi connectivity index (χ0) is 12.1. The molecule has 1 heterocycles. The van der Waals surface area contributed by atoms with Crippen LogP contribution in [0.3, 0.4) is 0 Å². The minimum absolute atomic E-state index is 0.116. The van der Waals surface area contributed by atoms with Crippen molar-refractivity contribution in [2.45, 2.75) is 25.8 Å². The van der Waals surface area contributed by atoms with Gasteiger partial charge in [0.25, 0.3) is 0 Å². The lowest BCUT2D eigenvalue weighted by atomic mass is 9.97. The summed E-state index contributed by atoms with van der Waals surface area (Å²) >= 11 is 0. The second-order valence-electron chi connectivity index (χ2n) is 4.18. The van der Waals surface area contributed by atoms with Crippen LogP contribution in [0.2, 0.25) is 0 Å². The van der Waals surface area contributed by atoms with E-state index in [0.717, 1.165) is 12.8 Å². The number of carbonyl (C=O) groups is 2. The minimum Gasteiger partial charge on any atom is -0.396 e. The van der Waals surface area contributed by atoms with Crippen LogP contribution in [-0.4, -0.2) is 47.7 Å². The van der Waals surface area contributed by atoms with Crippen LogP contribution in [-0.2, 0) is 4.79 Å². The van der Waals surface area contributed by atoms with Crippen LogP contribution in [0.5, 0.6) is 0 Å². The number of rotatable bonds is 3. The van der Waals surface area contributed by atoms with Crippen LogP contribution in [0, 0.1) is 5.92 Å². The van der Waals surface area contributed by atoms with Crippen LogP contribution >= 0.6 is 0 Å². The molecule has 92 valence electrons. The van der Waals surface area contributed by atoms with Crippen molar-refractivity contribution >= 4 is 11.9 Å². The van der Waals surface area contributed by atoms with Crippen LogP contribution in [0.15, 0.2) is 0 Å². The summed E-state index contributed by atoms with van der Waals surface area (Å²) in [6, 6.07) is -1.27. The molecular formula is C10H19N3O3. The third kappa shape index (κ3) is 3.37. The predicted octanol–water partition coefficient (Wildman–Crippen LogP) is -0.726. The number of urea groups is 1. The third-order valence-corrected chi connectivity index (χ3v) is 2.91. The molecule has 0 aliphatic carbocycles. The van der Waals surface area contributed by atoms with Crippen LogP contribution in [0.4, 0.5) is 4.79 Å². The quantitative estimate of drug-likeness (QED) is 0.595. The number of aliphatic hydroxyl groups is 1. The molecule has 0 aromatic rings. The Kier molecular flexibility index (Phi) is 4.54. The SMILES string of the molecule is CC(NC(N)=O)C(=O)N1CCC(CO)CC1. The Bertz CT molecular complexity index is 262. The third-order valence-electron chi connectivity index (χ3n) is 2.91. The van der Waals surface area contributed by atoms with Gasteiger partial charge in [-0.3, -0.25) is 4.79 Å². The monoisotopic (exact) mass is 229 g/mol. The number of hydrogen-bond acceptors (Lipinski definition) is 3. The zero-order valence-corrected chi connectivity index (χ0v) is 9.48. The molecule has 1 aliphatic heterocycles. The van der Waals surface area contributed by atoms with E-state index in [2.05, 4.69) is 5.32 Å². The number of nitrogens with two attached hydrogens (primary N) is 1. The van der Waals surface area contributed by atoms with Gasteiger partial charge in [-0.1, -0.05) is 0 Å². The fourth-order valence-electron chi connectivity index (χ4n) is 1.88. The first-order valence-corrected chi connectivity index (χ1v) is 5.50. The van der Waals surface area contributed by atoms with E-state index in [9.17, 15) is 9.59 Å². The van der Waals surface area contributed by atoms with E-state index >= 15 is 0 Å².